The molecule has 0 aliphatic heterocycles. The van der Waals surface area contributed by atoms with E-state index in [4.69, 9.17) is 0 Å². The van der Waals surface area contributed by atoms with Crippen molar-refractivity contribution >= 4 is 16.8 Å². The van der Waals surface area contributed by atoms with Crippen molar-refractivity contribution in [3.8, 4) is 0 Å². The van der Waals surface area contributed by atoms with Crippen LogP contribution in [-0.4, -0.2) is 38.1 Å². The van der Waals surface area contributed by atoms with Gasteiger partial charge in [0.1, 0.15) is 0 Å². The first-order valence-corrected chi connectivity index (χ1v) is 8.02. The second kappa shape index (κ2) is 5.67. The highest BCUT2D eigenvalue weighted by molar-refractivity contribution is 6.07. The van der Waals surface area contributed by atoms with E-state index in [1.165, 1.54) is 0 Å². The molecular formula is C17H18N6O. The van der Waals surface area contributed by atoms with E-state index in [0.717, 1.165) is 35.7 Å². The Kier molecular flexibility index (Phi) is 3.48. The van der Waals surface area contributed by atoms with E-state index in [0.29, 0.717) is 17.9 Å². The number of rotatable bonds is 5. The van der Waals surface area contributed by atoms with Crippen molar-refractivity contribution in [1.29, 1.82) is 0 Å². The minimum Gasteiger partial charge on any atom is -0.351 e. The van der Waals surface area contributed by atoms with Gasteiger partial charge in [0, 0.05) is 24.5 Å². The average Bonchev–Trinajstić information content (AvgIpc) is 3.16. The van der Waals surface area contributed by atoms with Gasteiger partial charge >= 0.3 is 0 Å². The van der Waals surface area contributed by atoms with Crippen molar-refractivity contribution in [3.63, 3.8) is 0 Å². The number of aryl methyl sites for hydroxylation is 1. The van der Waals surface area contributed by atoms with Crippen molar-refractivity contribution in [3.05, 3.63) is 47.4 Å². The Balaban J connectivity index is 1.52. The normalized spacial score (nSPS) is 15.4. The Labute approximate surface area is 138 Å². The highest BCUT2D eigenvalue weighted by Gasteiger charge is 2.43. The van der Waals surface area contributed by atoms with Gasteiger partial charge in [0.25, 0.3) is 5.91 Å². The van der Waals surface area contributed by atoms with E-state index < -0.39 is 0 Å². The SMILES string of the molecule is Cc1cnc2ccccc2c1C(=O)NCC1(Cc2nn[nH]n2)CC1. The fourth-order valence-corrected chi connectivity index (χ4v) is 3.08. The molecule has 0 atom stereocenters. The fourth-order valence-electron chi connectivity index (χ4n) is 3.08. The molecule has 3 aromatic rings. The zero-order valence-electron chi connectivity index (χ0n) is 13.4. The van der Waals surface area contributed by atoms with E-state index in [-0.39, 0.29) is 11.3 Å². The molecule has 0 bridgehead atoms. The molecule has 0 spiro atoms. The molecule has 24 heavy (non-hydrogen) atoms. The Morgan fingerprint density at radius 1 is 1.33 bits per heavy atom. The number of benzene rings is 1. The van der Waals surface area contributed by atoms with Crippen LogP contribution in [-0.2, 0) is 6.42 Å². The second-order valence-electron chi connectivity index (χ2n) is 6.52. The zero-order valence-corrected chi connectivity index (χ0v) is 13.4. The van der Waals surface area contributed by atoms with Crippen LogP contribution < -0.4 is 5.32 Å². The van der Waals surface area contributed by atoms with Gasteiger partial charge in [-0.1, -0.05) is 23.4 Å². The molecule has 1 aromatic carbocycles. The minimum atomic E-state index is -0.0505. The van der Waals surface area contributed by atoms with Crippen molar-refractivity contribution in [2.75, 3.05) is 6.54 Å². The lowest BCUT2D eigenvalue weighted by atomic mass is 10.0. The number of aromatic nitrogens is 5. The number of para-hydroxylation sites is 1. The molecule has 1 fully saturated rings. The molecule has 1 aliphatic rings. The van der Waals surface area contributed by atoms with Gasteiger partial charge in [0.05, 0.1) is 11.1 Å². The maximum Gasteiger partial charge on any atom is 0.252 e. The van der Waals surface area contributed by atoms with Crippen molar-refractivity contribution in [1.82, 2.24) is 30.9 Å². The Morgan fingerprint density at radius 2 is 2.17 bits per heavy atom. The van der Waals surface area contributed by atoms with Crippen LogP contribution in [0.4, 0.5) is 0 Å². The van der Waals surface area contributed by atoms with E-state index in [1.807, 2.05) is 31.2 Å². The third-order valence-electron chi connectivity index (χ3n) is 4.70. The number of hydrogen-bond donors (Lipinski definition) is 2. The molecule has 4 rings (SSSR count). The van der Waals surface area contributed by atoms with Gasteiger partial charge in [0.2, 0.25) is 0 Å². The molecule has 2 N–H and O–H groups in total. The topological polar surface area (TPSA) is 96.5 Å². The second-order valence-corrected chi connectivity index (χ2v) is 6.52. The lowest BCUT2D eigenvalue weighted by Crippen LogP contribution is -2.32. The van der Waals surface area contributed by atoms with Crippen molar-refractivity contribution in [2.45, 2.75) is 26.2 Å². The molecule has 1 aliphatic carbocycles. The fraction of sp³-hybridized carbons (Fsp3) is 0.353. The van der Waals surface area contributed by atoms with Crippen molar-refractivity contribution < 1.29 is 4.79 Å². The summed E-state index contributed by atoms with van der Waals surface area (Å²) in [4.78, 5) is 17.2. The first-order valence-electron chi connectivity index (χ1n) is 8.02. The van der Waals surface area contributed by atoms with E-state index in [9.17, 15) is 4.79 Å². The minimum absolute atomic E-state index is 0.0505. The van der Waals surface area contributed by atoms with Gasteiger partial charge in [-0.3, -0.25) is 9.78 Å². The average molecular weight is 322 g/mol. The number of nitrogens with zero attached hydrogens (tertiary/aromatic N) is 4. The number of hydrogen-bond acceptors (Lipinski definition) is 5. The highest BCUT2D eigenvalue weighted by atomic mass is 16.1. The number of carbonyl (C=O) groups is 1. The van der Waals surface area contributed by atoms with Crippen LogP contribution in [0.15, 0.2) is 30.5 Å². The van der Waals surface area contributed by atoms with E-state index >= 15 is 0 Å². The third kappa shape index (κ3) is 2.73. The number of fused-ring (bicyclic) bond motifs is 1. The molecule has 2 aromatic heterocycles. The number of tetrazole rings is 1. The Hall–Kier alpha value is -2.83. The number of H-pyrrole nitrogens is 1. The summed E-state index contributed by atoms with van der Waals surface area (Å²) in [6, 6.07) is 7.72. The highest BCUT2D eigenvalue weighted by Crippen LogP contribution is 2.47. The summed E-state index contributed by atoms with van der Waals surface area (Å²) in [6.07, 6.45) is 4.62. The van der Waals surface area contributed by atoms with Crippen LogP contribution in [0, 0.1) is 12.3 Å². The van der Waals surface area contributed by atoms with Gasteiger partial charge in [-0.05, 0) is 36.8 Å². The molecule has 0 unspecified atom stereocenters. The molecule has 1 amide bonds. The van der Waals surface area contributed by atoms with Gasteiger partial charge in [-0.15, -0.1) is 10.2 Å². The van der Waals surface area contributed by atoms with Gasteiger partial charge < -0.3 is 5.32 Å². The first kappa shape index (κ1) is 14.7. The largest absolute Gasteiger partial charge is 0.351 e. The van der Waals surface area contributed by atoms with Crippen LogP contribution in [0.1, 0.15) is 34.6 Å². The molecule has 122 valence electrons. The summed E-state index contributed by atoms with van der Waals surface area (Å²) in [5.74, 6) is 0.651. The number of carbonyl (C=O) groups excluding carboxylic acids is 1. The quantitative estimate of drug-likeness (QED) is 0.747. The monoisotopic (exact) mass is 322 g/mol. The lowest BCUT2D eigenvalue weighted by molar-refractivity contribution is 0.0945. The Morgan fingerprint density at radius 3 is 2.92 bits per heavy atom. The maximum atomic E-state index is 12.8. The van der Waals surface area contributed by atoms with E-state index in [2.05, 4.69) is 30.9 Å². The molecule has 7 heteroatoms. The van der Waals surface area contributed by atoms with Crippen LogP contribution in [0.3, 0.4) is 0 Å². The lowest BCUT2D eigenvalue weighted by Gasteiger charge is -2.15. The van der Waals surface area contributed by atoms with Gasteiger partial charge in [-0.25, -0.2) is 0 Å². The predicted molar refractivity (Wildman–Crippen MR) is 88.4 cm³/mol. The predicted octanol–water partition coefficient (Wildman–Crippen LogP) is 1.81. The van der Waals surface area contributed by atoms with Gasteiger partial charge in [-0.2, -0.15) is 5.21 Å². The van der Waals surface area contributed by atoms with Gasteiger partial charge in [0.15, 0.2) is 5.82 Å². The summed E-state index contributed by atoms with van der Waals surface area (Å²) in [7, 11) is 0. The van der Waals surface area contributed by atoms with E-state index in [1.54, 1.807) is 6.20 Å². The molecule has 2 heterocycles. The maximum absolute atomic E-state index is 12.8. The van der Waals surface area contributed by atoms with Crippen LogP contribution in [0.25, 0.3) is 10.9 Å². The summed E-state index contributed by atoms with van der Waals surface area (Å²) in [6.45, 7) is 2.54. The molecular weight excluding hydrogens is 304 g/mol. The third-order valence-corrected chi connectivity index (χ3v) is 4.70. The molecule has 0 radical (unpaired) electrons. The molecule has 0 saturated heterocycles. The standard InChI is InChI=1S/C17H18N6O/c1-11-9-18-13-5-3-2-4-12(13)15(11)16(24)19-10-17(6-7-17)8-14-20-22-23-21-14/h2-5,9H,6-8,10H2,1H3,(H,19,24)(H,20,21,22,23). The summed E-state index contributed by atoms with van der Waals surface area (Å²) in [5.41, 5.74) is 2.49. The zero-order chi connectivity index (χ0) is 16.6. The number of aromatic amines is 1. The number of pyridine rings is 1. The van der Waals surface area contributed by atoms with Crippen LogP contribution >= 0.6 is 0 Å². The van der Waals surface area contributed by atoms with Crippen LogP contribution in [0.5, 0.6) is 0 Å². The first-order chi connectivity index (χ1) is 11.7. The number of amides is 1. The summed E-state index contributed by atoms with van der Waals surface area (Å²) < 4.78 is 0. The smallest absolute Gasteiger partial charge is 0.252 e. The van der Waals surface area contributed by atoms with Crippen molar-refractivity contribution in [2.24, 2.45) is 5.41 Å². The van der Waals surface area contributed by atoms with Crippen LogP contribution in [0.2, 0.25) is 0 Å². The summed E-state index contributed by atoms with van der Waals surface area (Å²) >= 11 is 0. The Bertz CT molecular complexity index is 885. The molecule has 1 saturated carbocycles. The molecule has 7 nitrogen and oxygen atoms in total. The number of nitrogens with one attached hydrogen (secondary N) is 2. The summed E-state index contributed by atoms with van der Waals surface area (Å²) in [5, 5.41) is 18.1.